The van der Waals surface area contributed by atoms with E-state index in [0.29, 0.717) is 30.4 Å². The molecule has 1 aromatic heterocycles. The molecule has 0 unspecified atom stereocenters. The smallest absolute Gasteiger partial charge is 0.339 e. The fourth-order valence-corrected chi connectivity index (χ4v) is 3.69. The lowest BCUT2D eigenvalue weighted by Crippen LogP contribution is -2.56. The molecule has 0 radical (unpaired) electrons. The van der Waals surface area contributed by atoms with Crippen LogP contribution in [0.2, 0.25) is 0 Å². The summed E-state index contributed by atoms with van der Waals surface area (Å²) in [5, 5.41) is 29.8. The van der Waals surface area contributed by atoms with Crippen LogP contribution in [0.15, 0.2) is 6.07 Å². The number of aromatic nitrogens is 1. The Balaban J connectivity index is 1.99. The molecule has 2 atom stereocenters. The molecule has 7 nitrogen and oxygen atoms in total. The van der Waals surface area contributed by atoms with Gasteiger partial charge in [-0.25, -0.2) is 9.78 Å². The highest BCUT2D eigenvalue weighted by Gasteiger charge is 2.52. The van der Waals surface area contributed by atoms with Crippen LogP contribution in [-0.2, 0) is 4.79 Å². The lowest BCUT2D eigenvalue weighted by Gasteiger charge is -2.44. The zero-order chi connectivity index (χ0) is 18.4. The number of nitrogens with zero attached hydrogens (tertiary/aromatic N) is 2. The van der Waals surface area contributed by atoms with Gasteiger partial charge in [0.2, 0.25) is 0 Å². The first-order valence-corrected chi connectivity index (χ1v) is 8.62. The van der Waals surface area contributed by atoms with Gasteiger partial charge in [-0.1, -0.05) is 12.8 Å². The third kappa shape index (κ3) is 3.20. The number of carbonyl (C=O) groups is 2. The number of aryl methyl sites for hydroxylation is 2. The van der Waals surface area contributed by atoms with Crippen LogP contribution in [0.3, 0.4) is 0 Å². The molecule has 1 saturated carbocycles. The van der Waals surface area contributed by atoms with Gasteiger partial charge < -0.3 is 20.2 Å². The number of hydrogen-bond donors (Lipinski definition) is 3. The minimum Gasteiger partial charge on any atom is -0.481 e. The van der Waals surface area contributed by atoms with Crippen molar-refractivity contribution in [3.63, 3.8) is 0 Å². The van der Waals surface area contributed by atoms with E-state index < -0.39 is 23.5 Å². The van der Waals surface area contributed by atoms with Gasteiger partial charge in [-0.3, -0.25) is 4.79 Å². The topological polar surface area (TPSA) is 111 Å². The Labute approximate surface area is 146 Å². The molecule has 3 N–H and O–H groups in total. The van der Waals surface area contributed by atoms with Crippen LogP contribution in [0.4, 0.5) is 5.82 Å². The number of rotatable bonds is 5. The average Bonchev–Trinajstić information content (AvgIpc) is 3.35. The van der Waals surface area contributed by atoms with Crippen LogP contribution in [0.25, 0.3) is 0 Å². The van der Waals surface area contributed by atoms with Gasteiger partial charge in [0.15, 0.2) is 0 Å². The zero-order valence-corrected chi connectivity index (χ0v) is 14.5. The van der Waals surface area contributed by atoms with E-state index in [1.54, 1.807) is 24.8 Å². The molecule has 1 aromatic rings. The monoisotopic (exact) mass is 348 g/mol. The molecule has 7 heteroatoms. The zero-order valence-electron chi connectivity index (χ0n) is 14.5. The third-order valence-corrected chi connectivity index (χ3v) is 5.54. The minimum atomic E-state index is -1.27. The van der Waals surface area contributed by atoms with Crippen LogP contribution in [0.5, 0.6) is 0 Å². The Bertz CT molecular complexity index is 716. The molecule has 1 aliphatic heterocycles. The van der Waals surface area contributed by atoms with Gasteiger partial charge >= 0.3 is 11.9 Å². The van der Waals surface area contributed by atoms with Crippen molar-refractivity contribution < 1.29 is 24.9 Å². The first-order valence-electron chi connectivity index (χ1n) is 8.62. The largest absolute Gasteiger partial charge is 0.481 e. The fraction of sp³-hybridized carbons (Fsp3) is 0.611. The number of anilines is 1. The van der Waals surface area contributed by atoms with E-state index in [4.69, 9.17) is 0 Å². The lowest BCUT2D eigenvalue weighted by atomic mass is 9.73. The maximum absolute atomic E-state index is 12.0. The molecule has 25 heavy (non-hydrogen) atoms. The fourth-order valence-electron chi connectivity index (χ4n) is 3.69. The van der Waals surface area contributed by atoms with Gasteiger partial charge in [-0.2, -0.15) is 0 Å². The number of aliphatic hydroxyl groups excluding tert-OH is 1. The van der Waals surface area contributed by atoms with Gasteiger partial charge in [0.1, 0.15) is 16.8 Å². The number of aliphatic carboxylic acids is 1. The molecule has 136 valence electrons. The van der Waals surface area contributed by atoms with Crippen LogP contribution in [-0.4, -0.2) is 51.4 Å². The first-order chi connectivity index (χ1) is 11.7. The SMILES string of the molecule is Cc1cc(C(=O)O)c(N2CC[C@H](O)[C@@](CC3CC3)(C(=O)O)C2)nc1C. The Kier molecular flexibility index (Phi) is 4.45. The molecule has 0 aromatic carbocycles. The summed E-state index contributed by atoms with van der Waals surface area (Å²) in [5.74, 6) is -1.47. The van der Waals surface area contributed by atoms with Crippen molar-refractivity contribution in [1.29, 1.82) is 0 Å². The molecule has 2 fully saturated rings. The molecule has 1 saturated heterocycles. The number of carboxylic acid groups (broad SMARTS) is 2. The summed E-state index contributed by atoms with van der Waals surface area (Å²) in [5.41, 5.74) is 0.301. The summed E-state index contributed by atoms with van der Waals surface area (Å²) in [6, 6.07) is 1.58. The highest BCUT2D eigenvalue weighted by Crippen LogP contribution is 2.45. The van der Waals surface area contributed by atoms with Crippen LogP contribution >= 0.6 is 0 Å². The van der Waals surface area contributed by atoms with Crippen LogP contribution < -0.4 is 4.90 Å². The standard InChI is InChI=1S/C18H24N2O5/c1-10-7-13(16(22)23)15(19-11(10)2)20-6-5-14(21)18(9-20,17(24)25)8-12-3-4-12/h7,12,14,21H,3-6,8-9H2,1-2H3,(H,22,23)(H,24,25)/t14-,18-/m0/s1. The predicted octanol–water partition coefficient (Wildman–Crippen LogP) is 1.84. The highest BCUT2D eigenvalue weighted by molar-refractivity contribution is 5.94. The summed E-state index contributed by atoms with van der Waals surface area (Å²) >= 11 is 0. The van der Waals surface area contributed by atoms with Crippen LogP contribution in [0.1, 0.15) is 47.3 Å². The Hall–Kier alpha value is -2.15. The van der Waals surface area contributed by atoms with E-state index in [1.165, 1.54) is 0 Å². The molecule has 1 aliphatic carbocycles. The second kappa shape index (κ2) is 6.29. The van der Waals surface area contributed by atoms with Crippen molar-refractivity contribution in [1.82, 2.24) is 4.98 Å². The van der Waals surface area contributed by atoms with Crippen molar-refractivity contribution >= 4 is 17.8 Å². The van der Waals surface area contributed by atoms with Crippen molar-refractivity contribution in [2.24, 2.45) is 11.3 Å². The van der Waals surface area contributed by atoms with Crippen molar-refractivity contribution in [3.05, 3.63) is 22.9 Å². The predicted molar refractivity (Wildman–Crippen MR) is 90.9 cm³/mol. The van der Waals surface area contributed by atoms with E-state index in [2.05, 4.69) is 4.98 Å². The van der Waals surface area contributed by atoms with Gasteiger partial charge in [-0.15, -0.1) is 0 Å². The molecular weight excluding hydrogens is 324 g/mol. The van der Waals surface area contributed by atoms with E-state index in [9.17, 15) is 24.9 Å². The van der Waals surface area contributed by atoms with E-state index in [1.807, 2.05) is 0 Å². The van der Waals surface area contributed by atoms with Crippen molar-refractivity contribution in [2.75, 3.05) is 18.0 Å². The molecule has 2 heterocycles. The first kappa shape index (κ1) is 17.7. The Morgan fingerprint density at radius 2 is 1.96 bits per heavy atom. The van der Waals surface area contributed by atoms with Gasteiger partial charge in [-0.05, 0) is 44.2 Å². The molecule has 0 bridgehead atoms. The minimum absolute atomic E-state index is 0.0743. The van der Waals surface area contributed by atoms with Crippen molar-refractivity contribution in [3.8, 4) is 0 Å². The molecule has 3 rings (SSSR count). The maximum Gasteiger partial charge on any atom is 0.339 e. The average molecular weight is 348 g/mol. The van der Waals surface area contributed by atoms with E-state index >= 15 is 0 Å². The second-order valence-electron chi connectivity index (χ2n) is 7.40. The molecule has 0 amide bonds. The highest BCUT2D eigenvalue weighted by atomic mass is 16.4. The summed E-state index contributed by atoms with van der Waals surface area (Å²) in [6.45, 7) is 4.07. The number of aliphatic hydroxyl groups is 1. The quantitative estimate of drug-likeness (QED) is 0.744. The second-order valence-corrected chi connectivity index (χ2v) is 7.40. The molecule has 2 aliphatic rings. The lowest BCUT2D eigenvalue weighted by molar-refractivity contribution is -0.158. The normalized spacial score (nSPS) is 26.5. The number of hydrogen-bond acceptors (Lipinski definition) is 5. The number of piperidine rings is 1. The van der Waals surface area contributed by atoms with Gasteiger partial charge in [0, 0.05) is 18.8 Å². The maximum atomic E-state index is 12.0. The van der Waals surface area contributed by atoms with Gasteiger partial charge in [0.05, 0.1) is 6.10 Å². The van der Waals surface area contributed by atoms with E-state index in [0.717, 1.165) is 18.4 Å². The third-order valence-electron chi connectivity index (χ3n) is 5.54. The van der Waals surface area contributed by atoms with Crippen molar-refractivity contribution in [2.45, 2.75) is 45.6 Å². The number of carboxylic acids is 2. The number of pyridine rings is 1. The molecule has 0 spiro atoms. The Morgan fingerprint density at radius 1 is 1.28 bits per heavy atom. The summed E-state index contributed by atoms with van der Waals surface area (Å²) < 4.78 is 0. The molecular formula is C18H24N2O5. The van der Waals surface area contributed by atoms with Gasteiger partial charge in [0.25, 0.3) is 0 Å². The van der Waals surface area contributed by atoms with Crippen LogP contribution in [0, 0.1) is 25.2 Å². The summed E-state index contributed by atoms with van der Waals surface area (Å²) in [7, 11) is 0. The number of aromatic carboxylic acids is 1. The summed E-state index contributed by atoms with van der Waals surface area (Å²) in [4.78, 5) is 29.8. The Morgan fingerprint density at radius 3 is 2.52 bits per heavy atom. The van der Waals surface area contributed by atoms with E-state index in [-0.39, 0.29) is 18.5 Å². The summed E-state index contributed by atoms with van der Waals surface area (Å²) in [6.07, 6.45) is 1.76.